The van der Waals surface area contributed by atoms with Crippen molar-refractivity contribution in [3.05, 3.63) is 23.8 Å². The van der Waals surface area contributed by atoms with Crippen molar-refractivity contribution < 1.29 is 45.2 Å². The van der Waals surface area contributed by atoms with Crippen LogP contribution < -0.4 is 0 Å². The van der Waals surface area contributed by atoms with Gasteiger partial charge in [-0.1, -0.05) is 58.4 Å². The highest BCUT2D eigenvalue weighted by molar-refractivity contribution is 5.24. The van der Waals surface area contributed by atoms with Crippen LogP contribution in [0.1, 0.15) is 93.4 Å². The van der Waals surface area contributed by atoms with Gasteiger partial charge in [0.2, 0.25) is 0 Å². The Hall–Kier alpha value is -0.880. The Morgan fingerprint density at radius 1 is 0.956 bits per heavy atom. The van der Waals surface area contributed by atoms with Crippen LogP contribution in [-0.2, 0) is 9.47 Å². The summed E-state index contributed by atoms with van der Waals surface area (Å²) in [7, 11) is 0. The van der Waals surface area contributed by atoms with E-state index in [1.807, 2.05) is 6.92 Å². The lowest BCUT2D eigenvalue weighted by atomic mass is 9.34. The molecule has 0 spiro atoms. The fourth-order valence-electron chi connectivity index (χ4n) is 11.5. The summed E-state index contributed by atoms with van der Waals surface area (Å²) in [6.45, 7) is 18.4. The summed E-state index contributed by atoms with van der Waals surface area (Å²) in [5.74, 6) is 0.210. The molecule has 1 aliphatic heterocycles. The summed E-state index contributed by atoms with van der Waals surface area (Å²) in [6.07, 6.45) is -1.78. The first-order valence-electron chi connectivity index (χ1n) is 17.2. The molecule has 5 rings (SSSR count). The van der Waals surface area contributed by atoms with E-state index in [4.69, 9.17) is 9.47 Å². The Balaban J connectivity index is 1.54. The lowest BCUT2D eigenvalue weighted by molar-refractivity contribution is -0.346. The predicted octanol–water partition coefficient (Wildman–Crippen LogP) is 3.07. The maximum Gasteiger partial charge on any atom is 0.186 e. The summed E-state index contributed by atoms with van der Waals surface area (Å²) in [5.41, 5.74) is 0.564. The second-order valence-corrected chi connectivity index (χ2v) is 16.8. The second-order valence-electron chi connectivity index (χ2n) is 16.8. The molecule has 4 aliphatic carbocycles. The first-order valence-corrected chi connectivity index (χ1v) is 17.2. The van der Waals surface area contributed by atoms with Gasteiger partial charge in [0, 0.05) is 0 Å². The van der Waals surface area contributed by atoms with Crippen LogP contribution in [0.2, 0.25) is 0 Å². The monoisotopic (exact) mass is 636 g/mol. The molecule has 9 heteroatoms. The average Bonchev–Trinajstić information content (AvgIpc) is 3.35. The highest BCUT2D eigenvalue weighted by Gasteiger charge is 2.72. The molecule has 7 N–H and O–H groups in total. The molecule has 16 atom stereocenters. The highest BCUT2D eigenvalue weighted by Crippen LogP contribution is 2.76. The van der Waals surface area contributed by atoms with E-state index in [9.17, 15) is 35.7 Å². The molecule has 9 nitrogen and oxygen atoms in total. The topological polar surface area (TPSA) is 160 Å². The van der Waals surface area contributed by atoms with Crippen LogP contribution in [0.5, 0.6) is 0 Å². The van der Waals surface area contributed by atoms with Crippen LogP contribution in [0, 0.1) is 45.3 Å². The molecule has 0 aromatic rings. The van der Waals surface area contributed by atoms with Crippen LogP contribution in [0.3, 0.4) is 0 Å². The highest BCUT2D eigenvalue weighted by atomic mass is 16.7. The van der Waals surface area contributed by atoms with Crippen LogP contribution in [0.25, 0.3) is 0 Å². The van der Waals surface area contributed by atoms with Crippen molar-refractivity contribution in [2.45, 2.75) is 149 Å². The number of hydrogen-bond donors (Lipinski definition) is 7. The first kappa shape index (κ1) is 35.4. The Morgan fingerprint density at radius 3 is 2.24 bits per heavy atom. The summed E-state index contributed by atoms with van der Waals surface area (Å²) < 4.78 is 12.6. The predicted molar refractivity (Wildman–Crippen MR) is 170 cm³/mol. The second kappa shape index (κ2) is 12.2. The third-order valence-corrected chi connectivity index (χ3v) is 14.2. The molecule has 0 unspecified atom stereocenters. The summed E-state index contributed by atoms with van der Waals surface area (Å²) in [6, 6.07) is 0. The lowest BCUT2D eigenvalue weighted by Crippen LogP contribution is -2.70. The molecule has 1 heterocycles. The maximum absolute atomic E-state index is 12.0. The summed E-state index contributed by atoms with van der Waals surface area (Å²) >= 11 is 0. The minimum Gasteiger partial charge on any atom is -0.394 e. The van der Waals surface area contributed by atoms with E-state index in [1.165, 1.54) is 5.57 Å². The Morgan fingerprint density at radius 2 is 1.62 bits per heavy atom. The van der Waals surface area contributed by atoms with Gasteiger partial charge in [0.15, 0.2) is 6.29 Å². The Labute approximate surface area is 269 Å². The molecule has 0 amide bonds. The third kappa shape index (κ3) is 5.41. The molecule has 4 saturated carbocycles. The van der Waals surface area contributed by atoms with Crippen molar-refractivity contribution >= 4 is 0 Å². The van der Waals surface area contributed by atoms with Crippen molar-refractivity contribution in [3.63, 3.8) is 0 Å². The first-order chi connectivity index (χ1) is 20.8. The summed E-state index contributed by atoms with van der Waals surface area (Å²) in [5, 5.41) is 75.6. The molecular weight excluding hydrogens is 576 g/mol. The summed E-state index contributed by atoms with van der Waals surface area (Å²) in [4.78, 5) is 0. The van der Waals surface area contributed by atoms with E-state index in [0.717, 1.165) is 24.8 Å². The van der Waals surface area contributed by atoms with Crippen LogP contribution in [0.4, 0.5) is 0 Å². The minimum absolute atomic E-state index is 0.0206. The zero-order valence-corrected chi connectivity index (χ0v) is 28.4. The molecule has 0 aromatic carbocycles. The van der Waals surface area contributed by atoms with Crippen molar-refractivity contribution in [2.24, 2.45) is 45.3 Å². The van der Waals surface area contributed by atoms with E-state index in [1.54, 1.807) is 0 Å². The van der Waals surface area contributed by atoms with Gasteiger partial charge in [-0.05, 0) is 104 Å². The van der Waals surface area contributed by atoms with Gasteiger partial charge in [0.25, 0.3) is 0 Å². The number of hydrogen-bond acceptors (Lipinski definition) is 9. The molecule has 5 fully saturated rings. The average molecular weight is 637 g/mol. The van der Waals surface area contributed by atoms with Gasteiger partial charge < -0.3 is 45.2 Å². The Kier molecular flexibility index (Phi) is 9.62. The number of ether oxygens (including phenoxy) is 2. The number of aliphatic hydroxyl groups excluding tert-OH is 7. The van der Waals surface area contributed by atoms with Gasteiger partial charge in [0.1, 0.15) is 24.4 Å². The van der Waals surface area contributed by atoms with E-state index in [0.29, 0.717) is 25.7 Å². The number of rotatable bonds is 7. The van der Waals surface area contributed by atoms with Gasteiger partial charge >= 0.3 is 0 Å². The van der Waals surface area contributed by atoms with Crippen molar-refractivity contribution in [1.29, 1.82) is 0 Å². The quantitative estimate of drug-likeness (QED) is 0.165. The van der Waals surface area contributed by atoms with Crippen molar-refractivity contribution in [3.8, 4) is 0 Å². The zero-order valence-electron chi connectivity index (χ0n) is 28.4. The molecule has 5 aliphatic rings. The molecule has 0 aromatic heterocycles. The van der Waals surface area contributed by atoms with Crippen LogP contribution in [0.15, 0.2) is 23.8 Å². The van der Waals surface area contributed by atoms with Crippen LogP contribution in [-0.4, -0.2) is 97.5 Å². The fraction of sp³-hybridized carbons (Fsp3) is 0.889. The standard InChI is InChI=1S/C36H60O9/c1-18(2)21(38)10-9-19(3)20-11-14-35(7)27(20)22(39)15-25-34(6)13-12-26(40)33(4,5)31(34)23(16-36(25,35)8)44-32-30(43)29(42)28(41)24(17-37)45-32/h9,20-32,37-43H,1,10-17H2,2-8H3/b19-9-/t20-,21+,22-,23+,24-,25-,26-,27+,28-,29+,30-,31-,32-,34+,35-,36-/m1/s1. The van der Waals surface area contributed by atoms with E-state index < -0.39 is 67.1 Å². The SMILES string of the molecule is C=C(C)[C@@H](O)C/C=C(/C)[C@H]1CC[C@]2(C)[C@@H]1[C@H](O)C[C@@H]1[C@]3(C)CC[C@@H](O)C(C)(C)[C@H]3[C@@H](O[C@@H]3O[C@H](CO)[C@@H](O)[C@H](O)[C@H]3O)C[C@]12C. The molecule has 0 radical (unpaired) electrons. The van der Waals surface area contributed by atoms with Gasteiger partial charge in [0.05, 0.1) is 31.0 Å². The molecule has 0 bridgehead atoms. The van der Waals surface area contributed by atoms with E-state index >= 15 is 0 Å². The fourth-order valence-corrected chi connectivity index (χ4v) is 11.5. The van der Waals surface area contributed by atoms with Crippen molar-refractivity contribution in [2.75, 3.05) is 6.61 Å². The number of fused-ring (bicyclic) bond motifs is 5. The largest absolute Gasteiger partial charge is 0.394 e. The normalized spacial score (nSPS) is 52.0. The van der Waals surface area contributed by atoms with Gasteiger partial charge in [-0.15, -0.1) is 0 Å². The van der Waals surface area contributed by atoms with Gasteiger partial charge in [-0.25, -0.2) is 0 Å². The molecule has 45 heavy (non-hydrogen) atoms. The molecular formula is C36H60O9. The Bertz CT molecular complexity index is 1140. The minimum atomic E-state index is -1.54. The molecule has 258 valence electrons. The smallest absolute Gasteiger partial charge is 0.186 e. The number of allylic oxidation sites excluding steroid dienone is 1. The van der Waals surface area contributed by atoms with Crippen LogP contribution >= 0.6 is 0 Å². The lowest BCUT2D eigenvalue weighted by Gasteiger charge is -2.72. The maximum atomic E-state index is 12.0. The molecule has 1 saturated heterocycles. The van der Waals surface area contributed by atoms with E-state index in [2.05, 4.69) is 54.2 Å². The third-order valence-electron chi connectivity index (χ3n) is 14.2. The van der Waals surface area contributed by atoms with Gasteiger partial charge in [-0.3, -0.25) is 0 Å². The van der Waals surface area contributed by atoms with Crippen molar-refractivity contribution in [1.82, 2.24) is 0 Å². The zero-order chi connectivity index (χ0) is 33.4. The number of aliphatic hydroxyl groups is 7. The van der Waals surface area contributed by atoms with Gasteiger partial charge in [-0.2, -0.15) is 0 Å². The van der Waals surface area contributed by atoms with E-state index in [-0.39, 0.29) is 39.9 Å².